The van der Waals surface area contributed by atoms with Gasteiger partial charge in [-0.25, -0.2) is 0 Å². The first-order chi connectivity index (χ1) is 8.52. The summed E-state index contributed by atoms with van der Waals surface area (Å²) in [6.45, 7) is 10.1. The Bertz CT molecular complexity index is 299. The van der Waals surface area contributed by atoms with E-state index in [1.807, 2.05) is 0 Å². The summed E-state index contributed by atoms with van der Waals surface area (Å²) in [4.78, 5) is 15.0. The van der Waals surface area contributed by atoms with Crippen LogP contribution in [0, 0.1) is 23.7 Å². The van der Waals surface area contributed by atoms with Gasteiger partial charge in [0, 0.05) is 18.5 Å². The van der Waals surface area contributed by atoms with Crippen molar-refractivity contribution in [3.63, 3.8) is 0 Å². The van der Waals surface area contributed by atoms with Crippen LogP contribution >= 0.6 is 0 Å². The minimum absolute atomic E-state index is 0.297. The number of amides is 1. The lowest BCUT2D eigenvalue weighted by molar-refractivity contribution is -0.142. The van der Waals surface area contributed by atoms with Gasteiger partial charge in [-0.05, 0) is 56.8 Å². The molecule has 18 heavy (non-hydrogen) atoms. The van der Waals surface area contributed by atoms with Crippen LogP contribution in [-0.4, -0.2) is 23.4 Å². The van der Waals surface area contributed by atoms with Crippen LogP contribution in [0.4, 0.5) is 0 Å². The van der Waals surface area contributed by atoms with Gasteiger partial charge in [-0.2, -0.15) is 0 Å². The van der Waals surface area contributed by atoms with Gasteiger partial charge in [0.05, 0.1) is 0 Å². The van der Waals surface area contributed by atoms with Crippen molar-refractivity contribution < 1.29 is 4.79 Å². The highest BCUT2D eigenvalue weighted by Gasteiger charge is 2.42. The number of piperidine rings is 1. The van der Waals surface area contributed by atoms with Crippen molar-refractivity contribution in [2.75, 3.05) is 6.54 Å². The fraction of sp³-hybridized carbons (Fsp3) is 0.938. The highest BCUT2D eigenvalue weighted by molar-refractivity contribution is 5.80. The zero-order chi connectivity index (χ0) is 13.3. The summed E-state index contributed by atoms with van der Waals surface area (Å²) < 4.78 is 0. The molecule has 2 aliphatic rings. The average Bonchev–Trinajstić information content (AvgIpc) is 2.71. The molecule has 0 aromatic rings. The molecule has 2 fully saturated rings. The number of carbonyl (C=O) groups is 1. The summed E-state index contributed by atoms with van der Waals surface area (Å²) in [6.07, 6.45) is 6.17. The number of rotatable bonds is 2. The van der Waals surface area contributed by atoms with Crippen molar-refractivity contribution in [2.45, 2.75) is 65.8 Å². The first kappa shape index (κ1) is 13.9. The predicted molar refractivity (Wildman–Crippen MR) is 75.2 cm³/mol. The van der Waals surface area contributed by atoms with Crippen LogP contribution < -0.4 is 0 Å². The molecule has 1 amide bonds. The number of nitrogens with zero attached hydrogens (tertiary/aromatic N) is 1. The monoisotopic (exact) mass is 251 g/mol. The normalized spacial score (nSPS) is 37.3. The third kappa shape index (κ3) is 2.57. The van der Waals surface area contributed by atoms with E-state index in [4.69, 9.17) is 0 Å². The lowest BCUT2D eigenvalue weighted by atomic mass is 9.81. The van der Waals surface area contributed by atoms with Crippen LogP contribution in [0.2, 0.25) is 0 Å². The summed E-state index contributed by atoms with van der Waals surface area (Å²) in [6, 6.07) is 0.465. The highest BCUT2D eigenvalue weighted by Crippen LogP contribution is 2.42. The number of likely N-dealkylation sites (tertiary alicyclic amines) is 1. The lowest BCUT2D eigenvalue weighted by Gasteiger charge is -2.38. The summed E-state index contributed by atoms with van der Waals surface area (Å²) in [5, 5.41) is 0. The largest absolute Gasteiger partial charge is 0.340 e. The summed E-state index contributed by atoms with van der Waals surface area (Å²) in [7, 11) is 0. The second-order valence-electron chi connectivity index (χ2n) is 6.86. The maximum atomic E-state index is 12.9. The van der Waals surface area contributed by atoms with Crippen molar-refractivity contribution in [3.05, 3.63) is 0 Å². The average molecular weight is 251 g/mol. The minimum atomic E-state index is 0.297. The van der Waals surface area contributed by atoms with Crippen molar-refractivity contribution in [2.24, 2.45) is 23.7 Å². The molecule has 1 unspecified atom stereocenters. The molecule has 1 saturated heterocycles. The molecule has 0 bridgehead atoms. The van der Waals surface area contributed by atoms with E-state index in [-0.39, 0.29) is 0 Å². The third-order valence-electron chi connectivity index (χ3n) is 5.26. The van der Waals surface area contributed by atoms with Crippen molar-refractivity contribution in [1.82, 2.24) is 4.90 Å². The van der Waals surface area contributed by atoms with E-state index in [1.165, 1.54) is 32.1 Å². The number of hydrogen-bond donors (Lipinski definition) is 0. The molecule has 0 N–H and O–H groups in total. The van der Waals surface area contributed by atoms with Crippen molar-refractivity contribution in [3.8, 4) is 0 Å². The quantitative estimate of drug-likeness (QED) is 0.732. The zero-order valence-corrected chi connectivity index (χ0v) is 12.5. The van der Waals surface area contributed by atoms with Gasteiger partial charge in [-0.3, -0.25) is 4.79 Å². The Morgan fingerprint density at radius 2 is 1.83 bits per heavy atom. The van der Waals surface area contributed by atoms with Gasteiger partial charge in [0.2, 0.25) is 5.91 Å². The van der Waals surface area contributed by atoms with Crippen LogP contribution in [0.25, 0.3) is 0 Å². The second kappa shape index (κ2) is 5.63. The molecule has 1 saturated carbocycles. The molecular formula is C16H29NO. The van der Waals surface area contributed by atoms with Gasteiger partial charge >= 0.3 is 0 Å². The van der Waals surface area contributed by atoms with E-state index in [1.54, 1.807) is 0 Å². The maximum Gasteiger partial charge on any atom is 0.226 e. The van der Waals surface area contributed by atoms with Gasteiger partial charge in [0.15, 0.2) is 0 Å². The molecule has 0 radical (unpaired) electrons. The molecule has 2 heteroatoms. The lowest BCUT2D eigenvalue weighted by Crippen LogP contribution is -2.47. The van der Waals surface area contributed by atoms with Crippen LogP contribution in [0.1, 0.15) is 59.8 Å². The molecule has 4 atom stereocenters. The molecule has 1 aliphatic carbocycles. The van der Waals surface area contributed by atoms with E-state index < -0.39 is 0 Å². The van der Waals surface area contributed by atoms with Crippen LogP contribution in [0.3, 0.4) is 0 Å². The van der Waals surface area contributed by atoms with Crippen LogP contribution in [-0.2, 0) is 4.79 Å². The summed E-state index contributed by atoms with van der Waals surface area (Å²) in [5.74, 6) is 2.60. The molecule has 104 valence electrons. The number of carbonyl (C=O) groups excluding carboxylic acids is 1. The van der Waals surface area contributed by atoms with Gasteiger partial charge in [-0.1, -0.05) is 20.8 Å². The first-order valence-electron chi connectivity index (χ1n) is 7.82. The standard InChI is InChI=1S/C16H29NO/c1-11(2)14-9-8-12(3)15(14)16(18)17-10-6-5-7-13(17)4/h11-15H,5-10H2,1-4H3/t12-,13?,14+,15-/m0/s1. The summed E-state index contributed by atoms with van der Waals surface area (Å²) >= 11 is 0. The molecule has 0 aromatic carbocycles. The topological polar surface area (TPSA) is 20.3 Å². The van der Waals surface area contributed by atoms with E-state index >= 15 is 0 Å². The Morgan fingerprint density at radius 3 is 2.44 bits per heavy atom. The molecule has 2 nitrogen and oxygen atoms in total. The van der Waals surface area contributed by atoms with E-state index in [0.717, 1.165) is 6.54 Å². The molecule has 1 heterocycles. The highest BCUT2D eigenvalue weighted by atomic mass is 16.2. The SMILES string of the molecule is CC(C)[C@H]1CC[C@H](C)[C@@H]1C(=O)N1CCCCC1C. The van der Waals surface area contributed by atoms with Gasteiger partial charge in [0.1, 0.15) is 0 Å². The van der Waals surface area contributed by atoms with Crippen LogP contribution in [0.15, 0.2) is 0 Å². The Morgan fingerprint density at radius 1 is 1.11 bits per heavy atom. The Balaban J connectivity index is 2.10. The van der Waals surface area contributed by atoms with Gasteiger partial charge in [-0.15, -0.1) is 0 Å². The molecule has 2 rings (SSSR count). The third-order valence-corrected chi connectivity index (χ3v) is 5.26. The van der Waals surface area contributed by atoms with Crippen LogP contribution in [0.5, 0.6) is 0 Å². The smallest absolute Gasteiger partial charge is 0.226 e. The molecule has 1 aliphatic heterocycles. The summed E-state index contributed by atoms with van der Waals surface area (Å²) in [5.41, 5.74) is 0. The Hall–Kier alpha value is -0.530. The number of hydrogen-bond acceptors (Lipinski definition) is 1. The molecular weight excluding hydrogens is 222 g/mol. The Kier molecular flexibility index (Phi) is 4.34. The van der Waals surface area contributed by atoms with E-state index in [0.29, 0.717) is 35.6 Å². The first-order valence-corrected chi connectivity index (χ1v) is 7.82. The fourth-order valence-electron chi connectivity index (χ4n) is 4.03. The van der Waals surface area contributed by atoms with Gasteiger partial charge < -0.3 is 4.90 Å². The Labute approximate surface area is 112 Å². The maximum absolute atomic E-state index is 12.9. The minimum Gasteiger partial charge on any atom is -0.340 e. The zero-order valence-electron chi connectivity index (χ0n) is 12.5. The molecule has 0 aromatic heterocycles. The molecule has 0 spiro atoms. The fourth-order valence-corrected chi connectivity index (χ4v) is 4.03. The second-order valence-corrected chi connectivity index (χ2v) is 6.86. The van der Waals surface area contributed by atoms with Gasteiger partial charge in [0.25, 0.3) is 0 Å². The van der Waals surface area contributed by atoms with E-state index in [2.05, 4.69) is 32.6 Å². The van der Waals surface area contributed by atoms with Crippen molar-refractivity contribution >= 4 is 5.91 Å². The van der Waals surface area contributed by atoms with E-state index in [9.17, 15) is 4.79 Å². The van der Waals surface area contributed by atoms with Crippen molar-refractivity contribution in [1.29, 1.82) is 0 Å². The predicted octanol–water partition coefficient (Wildman–Crippen LogP) is 3.71.